The Kier molecular flexibility index (Phi) is 6.66. The van der Waals surface area contributed by atoms with E-state index in [2.05, 4.69) is 4.90 Å². The fraction of sp³-hybridized carbons (Fsp3) is 0.364. The predicted octanol–water partition coefficient (Wildman–Crippen LogP) is 2.27. The lowest BCUT2D eigenvalue weighted by atomic mass is 10.1. The maximum atomic E-state index is 12.9. The Labute approximate surface area is 175 Å². The number of amides is 1. The summed E-state index contributed by atoms with van der Waals surface area (Å²) in [5, 5.41) is 8.92. The van der Waals surface area contributed by atoms with Crippen molar-refractivity contribution >= 4 is 23.3 Å². The average molecular weight is 413 g/mol. The number of nitrogens with two attached hydrogens (primary N) is 1. The summed E-state index contributed by atoms with van der Waals surface area (Å²) >= 11 is 0. The molecule has 160 valence electrons. The van der Waals surface area contributed by atoms with E-state index in [1.54, 1.807) is 32.4 Å². The first-order valence-electron chi connectivity index (χ1n) is 9.79. The van der Waals surface area contributed by atoms with E-state index in [9.17, 15) is 9.59 Å². The van der Waals surface area contributed by atoms with Crippen molar-refractivity contribution in [3.63, 3.8) is 0 Å². The molecule has 8 heteroatoms. The van der Waals surface area contributed by atoms with E-state index < -0.39 is 5.97 Å². The minimum atomic E-state index is -0.845. The van der Waals surface area contributed by atoms with Gasteiger partial charge in [-0.3, -0.25) is 9.59 Å². The molecule has 2 aromatic carbocycles. The summed E-state index contributed by atoms with van der Waals surface area (Å²) < 4.78 is 10.5. The minimum Gasteiger partial charge on any atom is -0.493 e. The Hall–Kier alpha value is -3.42. The molecule has 0 aliphatic carbocycles. The van der Waals surface area contributed by atoms with Gasteiger partial charge in [0.1, 0.15) is 0 Å². The number of hydrogen-bond acceptors (Lipinski definition) is 6. The van der Waals surface area contributed by atoms with Crippen LogP contribution in [-0.4, -0.2) is 62.3 Å². The van der Waals surface area contributed by atoms with E-state index in [1.807, 2.05) is 23.1 Å². The van der Waals surface area contributed by atoms with E-state index in [-0.39, 0.29) is 12.3 Å². The highest BCUT2D eigenvalue weighted by atomic mass is 16.5. The normalized spacial score (nSPS) is 13.8. The zero-order valence-corrected chi connectivity index (χ0v) is 17.3. The van der Waals surface area contributed by atoms with Crippen LogP contribution in [0.3, 0.4) is 0 Å². The molecule has 30 heavy (non-hydrogen) atoms. The number of methoxy groups -OCH3 is 2. The smallest absolute Gasteiger partial charge is 0.303 e. The minimum absolute atomic E-state index is 0.0429. The van der Waals surface area contributed by atoms with Crippen LogP contribution >= 0.6 is 0 Å². The zero-order chi connectivity index (χ0) is 21.7. The number of benzene rings is 2. The molecule has 1 amide bonds. The van der Waals surface area contributed by atoms with Crippen LogP contribution in [0, 0.1) is 0 Å². The molecule has 0 spiro atoms. The monoisotopic (exact) mass is 413 g/mol. The number of anilines is 2. The second kappa shape index (κ2) is 9.39. The Balaban J connectivity index is 1.65. The first-order chi connectivity index (χ1) is 14.4. The van der Waals surface area contributed by atoms with E-state index in [1.165, 1.54) is 0 Å². The lowest BCUT2D eigenvalue weighted by Gasteiger charge is -2.36. The summed E-state index contributed by atoms with van der Waals surface area (Å²) in [5.41, 5.74) is 8.97. The second-order valence-corrected chi connectivity index (χ2v) is 7.13. The molecule has 0 unspecified atom stereocenters. The summed E-state index contributed by atoms with van der Waals surface area (Å²) in [6, 6.07) is 10.9. The summed E-state index contributed by atoms with van der Waals surface area (Å²) in [4.78, 5) is 27.8. The molecule has 0 bridgehead atoms. The molecule has 1 saturated heterocycles. The first kappa shape index (κ1) is 21.3. The number of ether oxygens (including phenoxy) is 2. The first-order valence-corrected chi connectivity index (χ1v) is 9.79. The maximum Gasteiger partial charge on any atom is 0.303 e. The van der Waals surface area contributed by atoms with Crippen LogP contribution < -0.4 is 20.1 Å². The van der Waals surface area contributed by atoms with Crippen LogP contribution in [0.5, 0.6) is 11.5 Å². The largest absolute Gasteiger partial charge is 0.493 e. The number of carbonyl (C=O) groups is 2. The van der Waals surface area contributed by atoms with E-state index in [4.69, 9.17) is 20.3 Å². The zero-order valence-electron chi connectivity index (χ0n) is 17.3. The van der Waals surface area contributed by atoms with Crippen molar-refractivity contribution in [3.05, 3.63) is 47.5 Å². The van der Waals surface area contributed by atoms with Gasteiger partial charge < -0.3 is 30.1 Å². The molecule has 0 saturated carbocycles. The van der Waals surface area contributed by atoms with E-state index >= 15 is 0 Å². The highest BCUT2D eigenvalue weighted by Crippen LogP contribution is 2.29. The van der Waals surface area contributed by atoms with Crippen molar-refractivity contribution in [2.75, 3.05) is 51.0 Å². The van der Waals surface area contributed by atoms with Crippen molar-refractivity contribution in [2.24, 2.45) is 0 Å². The molecule has 3 rings (SSSR count). The number of carbonyl (C=O) groups excluding carboxylic acids is 1. The summed E-state index contributed by atoms with van der Waals surface area (Å²) in [5.74, 6) is 0.218. The van der Waals surface area contributed by atoms with Gasteiger partial charge >= 0.3 is 5.97 Å². The average Bonchev–Trinajstić information content (AvgIpc) is 2.77. The van der Waals surface area contributed by atoms with Crippen LogP contribution in [0.4, 0.5) is 11.4 Å². The van der Waals surface area contributed by atoms with Gasteiger partial charge in [0.25, 0.3) is 5.91 Å². The van der Waals surface area contributed by atoms with Crippen molar-refractivity contribution in [2.45, 2.75) is 12.8 Å². The van der Waals surface area contributed by atoms with Gasteiger partial charge in [-0.25, -0.2) is 0 Å². The molecule has 1 aliphatic heterocycles. The molecule has 3 N–H and O–H groups in total. The van der Waals surface area contributed by atoms with Gasteiger partial charge in [-0.1, -0.05) is 0 Å². The van der Waals surface area contributed by atoms with Crippen LogP contribution in [0.2, 0.25) is 0 Å². The molecule has 2 aromatic rings. The van der Waals surface area contributed by atoms with Crippen LogP contribution in [0.1, 0.15) is 22.3 Å². The quantitative estimate of drug-likeness (QED) is 0.671. The maximum absolute atomic E-state index is 12.9. The van der Waals surface area contributed by atoms with Gasteiger partial charge in [0, 0.05) is 49.5 Å². The number of carboxylic acid groups (broad SMARTS) is 1. The van der Waals surface area contributed by atoms with Gasteiger partial charge in [-0.05, 0) is 48.4 Å². The Morgan fingerprint density at radius 1 is 1.00 bits per heavy atom. The lowest BCUT2D eigenvalue weighted by Crippen LogP contribution is -2.48. The van der Waals surface area contributed by atoms with Gasteiger partial charge in [-0.15, -0.1) is 0 Å². The number of rotatable bonds is 7. The Bertz CT molecular complexity index is 923. The predicted molar refractivity (Wildman–Crippen MR) is 114 cm³/mol. The highest BCUT2D eigenvalue weighted by Gasteiger charge is 2.23. The van der Waals surface area contributed by atoms with Crippen molar-refractivity contribution in [3.8, 4) is 11.5 Å². The number of nitrogen functional groups attached to an aromatic ring is 1. The van der Waals surface area contributed by atoms with Gasteiger partial charge in [0.2, 0.25) is 0 Å². The number of piperazine rings is 1. The molecule has 1 fully saturated rings. The number of aryl methyl sites for hydroxylation is 1. The molecule has 0 radical (unpaired) electrons. The number of carboxylic acids is 1. The fourth-order valence-electron chi connectivity index (χ4n) is 3.57. The summed E-state index contributed by atoms with van der Waals surface area (Å²) in [6.45, 7) is 2.53. The standard InChI is InChI=1S/C22H27N3O5/c1-29-19-7-3-16(14-20(19)30-2)22(28)25-11-9-24(10-12-25)17-5-6-18(23)15(13-17)4-8-21(26)27/h3,5-7,13-14H,4,8-12,23H2,1-2H3,(H,26,27). The topological polar surface area (TPSA) is 105 Å². The molecule has 8 nitrogen and oxygen atoms in total. The van der Waals surface area contributed by atoms with Crippen LogP contribution in [0.15, 0.2) is 36.4 Å². The lowest BCUT2D eigenvalue weighted by molar-refractivity contribution is -0.136. The van der Waals surface area contributed by atoms with Gasteiger partial charge in [0.05, 0.1) is 14.2 Å². The highest BCUT2D eigenvalue weighted by molar-refractivity contribution is 5.95. The molecule has 1 heterocycles. The molecule has 1 aliphatic rings. The van der Waals surface area contributed by atoms with Crippen molar-refractivity contribution < 1.29 is 24.2 Å². The Morgan fingerprint density at radius 2 is 1.70 bits per heavy atom. The second-order valence-electron chi connectivity index (χ2n) is 7.13. The third-order valence-electron chi connectivity index (χ3n) is 5.30. The van der Waals surface area contributed by atoms with Crippen LogP contribution in [-0.2, 0) is 11.2 Å². The molecule has 0 atom stereocenters. The van der Waals surface area contributed by atoms with Crippen LogP contribution in [0.25, 0.3) is 0 Å². The Morgan fingerprint density at radius 3 is 2.33 bits per heavy atom. The molecular weight excluding hydrogens is 386 g/mol. The van der Waals surface area contributed by atoms with Crippen molar-refractivity contribution in [1.82, 2.24) is 4.90 Å². The molecule has 0 aromatic heterocycles. The van der Waals surface area contributed by atoms with E-state index in [0.717, 1.165) is 11.3 Å². The summed E-state index contributed by atoms with van der Waals surface area (Å²) in [7, 11) is 3.10. The third-order valence-corrected chi connectivity index (χ3v) is 5.30. The number of hydrogen-bond donors (Lipinski definition) is 2. The third kappa shape index (κ3) is 4.76. The van der Waals surface area contributed by atoms with Crippen molar-refractivity contribution in [1.29, 1.82) is 0 Å². The SMILES string of the molecule is COc1ccc(C(=O)N2CCN(c3ccc(N)c(CCC(=O)O)c3)CC2)cc1OC. The number of aliphatic carboxylic acids is 1. The van der Waals surface area contributed by atoms with E-state index in [0.29, 0.717) is 55.3 Å². The number of nitrogens with zero attached hydrogens (tertiary/aromatic N) is 2. The fourth-order valence-corrected chi connectivity index (χ4v) is 3.57. The van der Waals surface area contributed by atoms with Gasteiger partial charge in [0.15, 0.2) is 11.5 Å². The summed E-state index contributed by atoms with van der Waals surface area (Å²) in [6.07, 6.45) is 0.439. The van der Waals surface area contributed by atoms with Gasteiger partial charge in [-0.2, -0.15) is 0 Å². The molecular formula is C22H27N3O5.